The molecule has 128 valence electrons. The number of halogens is 1. The summed E-state index contributed by atoms with van der Waals surface area (Å²) in [6.07, 6.45) is 0. The first-order valence-electron chi connectivity index (χ1n) is 6.89. The predicted molar refractivity (Wildman–Crippen MR) is 89.9 cm³/mol. The van der Waals surface area contributed by atoms with E-state index in [1.165, 1.54) is 43.5 Å². The van der Waals surface area contributed by atoms with E-state index in [-0.39, 0.29) is 27.8 Å². The molecule has 0 radical (unpaired) electrons. The number of carbonyl (C=O) groups excluding carboxylic acids is 1. The van der Waals surface area contributed by atoms with Gasteiger partial charge in [-0.2, -0.15) is 5.26 Å². The number of benzene rings is 2. The minimum absolute atomic E-state index is 0.0738. The Labute approximate surface area is 147 Å². The van der Waals surface area contributed by atoms with E-state index in [0.29, 0.717) is 5.69 Å². The summed E-state index contributed by atoms with van der Waals surface area (Å²) < 4.78 is 10.3. The molecule has 0 aliphatic rings. The van der Waals surface area contributed by atoms with Crippen molar-refractivity contribution in [1.82, 2.24) is 0 Å². The molecule has 2 rings (SSSR count). The highest BCUT2D eigenvalue weighted by Crippen LogP contribution is 2.31. The van der Waals surface area contributed by atoms with E-state index >= 15 is 0 Å². The highest BCUT2D eigenvalue weighted by Gasteiger charge is 2.14. The summed E-state index contributed by atoms with van der Waals surface area (Å²) in [5, 5.41) is 22.4. The third-order valence-electron chi connectivity index (χ3n) is 3.09. The van der Waals surface area contributed by atoms with Crippen LogP contribution >= 0.6 is 11.6 Å². The van der Waals surface area contributed by atoms with Crippen molar-refractivity contribution in [3.8, 4) is 17.6 Å². The number of hydrogen-bond donors (Lipinski definition) is 1. The number of anilines is 1. The minimum Gasteiger partial charge on any atom is -0.493 e. The molecule has 0 heterocycles. The smallest absolute Gasteiger partial charge is 0.273 e. The molecule has 1 amide bonds. The number of non-ortho nitro benzene ring substituents is 1. The van der Waals surface area contributed by atoms with E-state index in [0.717, 1.165) is 0 Å². The van der Waals surface area contributed by atoms with Gasteiger partial charge in [-0.05, 0) is 24.3 Å². The molecule has 0 aliphatic carbocycles. The van der Waals surface area contributed by atoms with Crippen LogP contribution in [0.15, 0.2) is 36.4 Å². The lowest BCUT2D eigenvalue weighted by atomic mass is 10.2. The van der Waals surface area contributed by atoms with Crippen molar-refractivity contribution >= 4 is 28.9 Å². The largest absolute Gasteiger partial charge is 0.493 e. The molecule has 0 atom stereocenters. The summed E-state index contributed by atoms with van der Waals surface area (Å²) in [7, 11) is 1.38. The van der Waals surface area contributed by atoms with Gasteiger partial charge < -0.3 is 14.8 Å². The minimum atomic E-state index is -0.578. The van der Waals surface area contributed by atoms with Crippen LogP contribution in [0, 0.1) is 21.4 Å². The standard InChI is InChI=1S/C16H12ClN3O5/c1-24-14-5-4-12(20(22)23)7-15(14)25-9-16(21)19-11-3-2-10(8-18)13(17)6-11/h2-7H,9H2,1H3,(H,19,21). The van der Waals surface area contributed by atoms with Gasteiger partial charge in [-0.25, -0.2) is 0 Å². The molecule has 0 saturated heterocycles. The number of nitro groups is 1. The molecule has 0 aliphatic heterocycles. The van der Waals surface area contributed by atoms with E-state index in [2.05, 4.69) is 5.32 Å². The van der Waals surface area contributed by atoms with Gasteiger partial charge in [0.15, 0.2) is 18.1 Å². The van der Waals surface area contributed by atoms with Crippen molar-refractivity contribution in [2.75, 3.05) is 19.0 Å². The van der Waals surface area contributed by atoms with Crippen LogP contribution in [-0.4, -0.2) is 24.5 Å². The third-order valence-corrected chi connectivity index (χ3v) is 3.40. The van der Waals surface area contributed by atoms with E-state index in [9.17, 15) is 14.9 Å². The topological polar surface area (TPSA) is 114 Å². The number of rotatable bonds is 6. The molecule has 0 aromatic heterocycles. The second kappa shape index (κ2) is 7.99. The van der Waals surface area contributed by atoms with Crippen LogP contribution in [-0.2, 0) is 4.79 Å². The molecule has 0 fully saturated rings. The second-order valence-corrected chi connectivity index (χ2v) is 5.14. The first kappa shape index (κ1) is 18.0. The molecule has 2 aromatic carbocycles. The maximum Gasteiger partial charge on any atom is 0.273 e. The molecule has 9 heteroatoms. The molecular weight excluding hydrogens is 350 g/mol. The first-order valence-corrected chi connectivity index (χ1v) is 7.27. The van der Waals surface area contributed by atoms with Crippen molar-refractivity contribution in [2.45, 2.75) is 0 Å². The number of nitrogens with one attached hydrogen (secondary N) is 1. The molecule has 8 nitrogen and oxygen atoms in total. The van der Waals surface area contributed by atoms with Crippen LogP contribution < -0.4 is 14.8 Å². The van der Waals surface area contributed by atoms with Crippen LogP contribution in [0.5, 0.6) is 11.5 Å². The monoisotopic (exact) mass is 361 g/mol. The van der Waals surface area contributed by atoms with E-state index in [1.807, 2.05) is 6.07 Å². The highest BCUT2D eigenvalue weighted by molar-refractivity contribution is 6.32. The van der Waals surface area contributed by atoms with Crippen LogP contribution in [0.25, 0.3) is 0 Å². The summed E-state index contributed by atoms with van der Waals surface area (Å²) in [6, 6.07) is 10.2. The molecular formula is C16H12ClN3O5. The average Bonchev–Trinajstić information content (AvgIpc) is 2.59. The Bertz CT molecular complexity index is 863. The Morgan fingerprint density at radius 3 is 2.68 bits per heavy atom. The SMILES string of the molecule is COc1ccc([N+](=O)[O-])cc1OCC(=O)Nc1ccc(C#N)c(Cl)c1. The zero-order valence-corrected chi connectivity index (χ0v) is 13.7. The Morgan fingerprint density at radius 2 is 2.08 bits per heavy atom. The van der Waals surface area contributed by atoms with Gasteiger partial charge >= 0.3 is 0 Å². The van der Waals surface area contributed by atoms with Crippen LogP contribution in [0.2, 0.25) is 5.02 Å². The molecule has 2 aromatic rings. The fourth-order valence-corrected chi connectivity index (χ4v) is 2.14. The summed E-state index contributed by atoms with van der Waals surface area (Å²) in [6.45, 7) is -0.394. The van der Waals surface area contributed by atoms with Crippen molar-refractivity contribution in [3.05, 3.63) is 57.1 Å². The lowest BCUT2D eigenvalue weighted by molar-refractivity contribution is -0.385. The second-order valence-electron chi connectivity index (χ2n) is 4.74. The van der Waals surface area contributed by atoms with Gasteiger partial charge in [0.1, 0.15) is 6.07 Å². The van der Waals surface area contributed by atoms with Gasteiger partial charge in [0.05, 0.1) is 28.7 Å². The van der Waals surface area contributed by atoms with Crippen molar-refractivity contribution in [1.29, 1.82) is 5.26 Å². The lowest BCUT2D eigenvalue weighted by Crippen LogP contribution is -2.20. The molecule has 0 spiro atoms. The number of nitro benzene ring substituents is 1. The first-order chi connectivity index (χ1) is 11.9. The van der Waals surface area contributed by atoms with Gasteiger partial charge in [0.2, 0.25) is 0 Å². The number of hydrogen-bond acceptors (Lipinski definition) is 6. The average molecular weight is 362 g/mol. The van der Waals surface area contributed by atoms with Gasteiger partial charge in [-0.1, -0.05) is 11.6 Å². The molecule has 1 N–H and O–H groups in total. The molecule has 25 heavy (non-hydrogen) atoms. The summed E-state index contributed by atoms with van der Waals surface area (Å²) >= 11 is 5.89. The Hall–Kier alpha value is -3.31. The van der Waals surface area contributed by atoms with Crippen molar-refractivity contribution < 1.29 is 19.2 Å². The van der Waals surface area contributed by atoms with Gasteiger partial charge in [-0.3, -0.25) is 14.9 Å². The summed E-state index contributed by atoms with van der Waals surface area (Å²) in [5.74, 6) is -0.168. The molecule has 0 bridgehead atoms. The fourth-order valence-electron chi connectivity index (χ4n) is 1.92. The number of methoxy groups -OCH3 is 1. The number of amides is 1. The van der Waals surface area contributed by atoms with Crippen LogP contribution in [0.3, 0.4) is 0 Å². The van der Waals surface area contributed by atoms with Crippen molar-refractivity contribution in [2.24, 2.45) is 0 Å². The number of ether oxygens (including phenoxy) is 2. The quantitative estimate of drug-likeness (QED) is 0.624. The molecule has 0 saturated carbocycles. The summed E-state index contributed by atoms with van der Waals surface area (Å²) in [4.78, 5) is 22.2. The maximum absolute atomic E-state index is 12.0. The zero-order valence-electron chi connectivity index (χ0n) is 13.0. The Morgan fingerprint density at radius 1 is 1.32 bits per heavy atom. The number of nitrogens with zero attached hydrogens (tertiary/aromatic N) is 2. The van der Waals surface area contributed by atoms with E-state index < -0.39 is 17.4 Å². The van der Waals surface area contributed by atoms with Gasteiger partial charge in [-0.15, -0.1) is 0 Å². The van der Waals surface area contributed by atoms with Crippen molar-refractivity contribution in [3.63, 3.8) is 0 Å². The number of nitriles is 1. The van der Waals surface area contributed by atoms with Gasteiger partial charge in [0.25, 0.3) is 11.6 Å². The zero-order chi connectivity index (χ0) is 18.4. The summed E-state index contributed by atoms with van der Waals surface area (Å²) in [5.41, 5.74) is 0.496. The number of carbonyl (C=O) groups is 1. The molecule has 0 unspecified atom stereocenters. The van der Waals surface area contributed by atoms with E-state index in [1.54, 1.807) is 0 Å². The fraction of sp³-hybridized carbons (Fsp3) is 0.125. The Kier molecular flexibility index (Phi) is 5.76. The maximum atomic E-state index is 12.0. The van der Waals surface area contributed by atoms with Gasteiger partial charge in [0, 0.05) is 11.8 Å². The predicted octanol–water partition coefficient (Wildman–Crippen LogP) is 3.15. The third kappa shape index (κ3) is 4.59. The van der Waals surface area contributed by atoms with Crippen LogP contribution in [0.4, 0.5) is 11.4 Å². The lowest BCUT2D eigenvalue weighted by Gasteiger charge is -2.11. The van der Waals surface area contributed by atoms with E-state index in [4.69, 9.17) is 26.3 Å². The van der Waals surface area contributed by atoms with Crippen LogP contribution in [0.1, 0.15) is 5.56 Å². The Balaban J connectivity index is 2.05. The highest BCUT2D eigenvalue weighted by atomic mass is 35.5. The normalized spacial score (nSPS) is 9.80.